The molecule has 0 radical (unpaired) electrons. The van der Waals surface area contributed by atoms with Crippen LogP contribution in [0.5, 0.6) is 0 Å². The zero-order valence-corrected chi connectivity index (χ0v) is 14.0. The molecule has 4 rings (SSSR count). The van der Waals surface area contributed by atoms with Gasteiger partial charge in [0, 0.05) is 50.3 Å². The summed E-state index contributed by atoms with van der Waals surface area (Å²) in [5, 5.41) is 0. The van der Waals surface area contributed by atoms with E-state index in [2.05, 4.69) is 14.9 Å². The van der Waals surface area contributed by atoms with Gasteiger partial charge in [-0.3, -0.25) is 4.90 Å². The predicted molar refractivity (Wildman–Crippen MR) is 91.3 cm³/mol. The van der Waals surface area contributed by atoms with Gasteiger partial charge in [-0.25, -0.2) is 15.0 Å². The van der Waals surface area contributed by atoms with Gasteiger partial charge in [0.2, 0.25) is 0 Å². The van der Waals surface area contributed by atoms with Gasteiger partial charge in [0.25, 0.3) is 0 Å². The third-order valence-corrected chi connectivity index (χ3v) is 4.42. The predicted octanol–water partition coefficient (Wildman–Crippen LogP) is 3.31. The normalized spacial score (nSPS) is 14.6. The van der Waals surface area contributed by atoms with E-state index in [-0.39, 0.29) is 0 Å². The molecular formula is C19H20N4O. The Bertz CT molecular complexity index is 857. The van der Waals surface area contributed by atoms with Gasteiger partial charge in [0.15, 0.2) is 11.7 Å². The van der Waals surface area contributed by atoms with Gasteiger partial charge in [-0.05, 0) is 6.92 Å². The summed E-state index contributed by atoms with van der Waals surface area (Å²) >= 11 is 0. The molecule has 0 spiro atoms. The van der Waals surface area contributed by atoms with Crippen molar-refractivity contribution in [3.8, 4) is 11.4 Å². The number of nitrogens with zero attached hydrogens (tertiary/aromatic N) is 4. The molecule has 122 valence electrons. The molecule has 0 saturated heterocycles. The molecular weight excluding hydrogens is 300 g/mol. The number of hydrogen-bond acceptors (Lipinski definition) is 5. The van der Waals surface area contributed by atoms with Crippen LogP contribution in [0.15, 0.2) is 40.9 Å². The number of aromatic nitrogens is 3. The maximum Gasteiger partial charge on any atom is 0.191 e. The molecule has 0 fully saturated rings. The molecule has 0 bridgehead atoms. The van der Waals surface area contributed by atoms with Gasteiger partial charge in [0.1, 0.15) is 5.76 Å². The van der Waals surface area contributed by atoms with Crippen LogP contribution in [0.1, 0.15) is 28.6 Å². The van der Waals surface area contributed by atoms with Gasteiger partial charge < -0.3 is 4.42 Å². The van der Waals surface area contributed by atoms with Crippen molar-refractivity contribution in [2.24, 2.45) is 0 Å². The smallest absolute Gasteiger partial charge is 0.191 e. The summed E-state index contributed by atoms with van der Waals surface area (Å²) < 4.78 is 5.53. The highest BCUT2D eigenvalue weighted by atomic mass is 16.4. The molecule has 5 heteroatoms. The van der Waals surface area contributed by atoms with Gasteiger partial charge in [-0.15, -0.1) is 0 Å². The van der Waals surface area contributed by atoms with E-state index in [1.165, 1.54) is 5.56 Å². The topological polar surface area (TPSA) is 55.1 Å². The summed E-state index contributed by atoms with van der Waals surface area (Å²) in [5.74, 6) is 2.45. The van der Waals surface area contributed by atoms with Crippen LogP contribution in [0.3, 0.4) is 0 Å². The molecule has 2 aromatic heterocycles. The minimum atomic E-state index is 0.732. The standard InChI is InChI=1S/C19H20N4O/c1-13-18(21-14(2)24-13)12-23-9-8-17-16(11-23)10-20-19(22-17)15-6-4-3-5-7-15/h3-7,10H,8-9,11-12H2,1-2H3. The Balaban J connectivity index is 1.53. The Kier molecular flexibility index (Phi) is 3.86. The number of oxazole rings is 1. The summed E-state index contributed by atoms with van der Waals surface area (Å²) in [6, 6.07) is 10.1. The van der Waals surface area contributed by atoms with Crippen LogP contribution >= 0.6 is 0 Å². The molecule has 3 aromatic rings. The van der Waals surface area contributed by atoms with Crippen molar-refractivity contribution in [3.05, 3.63) is 65.1 Å². The molecule has 1 aliphatic heterocycles. The van der Waals surface area contributed by atoms with Crippen LogP contribution in [0.2, 0.25) is 0 Å². The quantitative estimate of drug-likeness (QED) is 0.741. The maximum absolute atomic E-state index is 5.53. The number of fused-ring (bicyclic) bond motifs is 1. The molecule has 0 unspecified atom stereocenters. The number of benzene rings is 1. The highest BCUT2D eigenvalue weighted by Crippen LogP contribution is 2.22. The number of rotatable bonds is 3. The van der Waals surface area contributed by atoms with Crippen LogP contribution < -0.4 is 0 Å². The van der Waals surface area contributed by atoms with Gasteiger partial charge >= 0.3 is 0 Å². The highest BCUT2D eigenvalue weighted by molar-refractivity contribution is 5.54. The first-order chi connectivity index (χ1) is 11.7. The van der Waals surface area contributed by atoms with Gasteiger partial charge in [-0.2, -0.15) is 0 Å². The van der Waals surface area contributed by atoms with E-state index in [9.17, 15) is 0 Å². The Labute approximate surface area is 141 Å². The van der Waals surface area contributed by atoms with E-state index >= 15 is 0 Å². The van der Waals surface area contributed by atoms with Gasteiger partial charge in [0.05, 0.1) is 11.4 Å². The Hall–Kier alpha value is -2.53. The van der Waals surface area contributed by atoms with E-state index < -0.39 is 0 Å². The molecule has 1 aromatic carbocycles. The molecule has 0 N–H and O–H groups in total. The second-order valence-electron chi connectivity index (χ2n) is 6.23. The minimum absolute atomic E-state index is 0.732. The van der Waals surface area contributed by atoms with Crippen molar-refractivity contribution in [1.29, 1.82) is 0 Å². The molecule has 3 heterocycles. The average molecular weight is 320 g/mol. The Morgan fingerprint density at radius 2 is 1.96 bits per heavy atom. The lowest BCUT2D eigenvalue weighted by Gasteiger charge is -2.27. The fourth-order valence-corrected chi connectivity index (χ4v) is 3.17. The van der Waals surface area contributed by atoms with Crippen LogP contribution in [-0.2, 0) is 19.5 Å². The van der Waals surface area contributed by atoms with Crippen molar-refractivity contribution in [2.75, 3.05) is 6.54 Å². The number of hydrogen-bond donors (Lipinski definition) is 0. The van der Waals surface area contributed by atoms with Crippen molar-refractivity contribution >= 4 is 0 Å². The second-order valence-corrected chi connectivity index (χ2v) is 6.23. The minimum Gasteiger partial charge on any atom is -0.446 e. The van der Waals surface area contributed by atoms with Crippen LogP contribution in [-0.4, -0.2) is 26.4 Å². The summed E-state index contributed by atoms with van der Waals surface area (Å²) in [7, 11) is 0. The van der Waals surface area contributed by atoms with E-state index in [4.69, 9.17) is 9.40 Å². The van der Waals surface area contributed by atoms with Crippen molar-refractivity contribution in [3.63, 3.8) is 0 Å². The van der Waals surface area contributed by atoms with E-state index in [1.54, 1.807) is 0 Å². The van der Waals surface area contributed by atoms with E-state index in [0.29, 0.717) is 0 Å². The zero-order valence-electron chi connectivity index (χ0n) is 14.0. The van der Waals surface area contributed by atoms with Crippen LogP contribution in [0.4, 0.5) is 0 Å². The first kappa shape index (κ1) is 15.0. The molecule has 0 aliphatic carbocycles. The summed E-state index contributed by atoms with van der Waals surface area (Å²) in [4.78, 5) is 16.2. The Morgan fingerprint density at radius 1 is 1.12 bits per heavy atom. The fourth-order valence-electron chi connectivity index (χ4n) is 3.17. The van der Waals surface area contributed by atoms with Crippen LogP contribution in [0.25, 0.3) is 11.4 Å². The maximum atomic E-state index is 5.53. The summed E-state index contributed by atoms with van der Waals surface area (Å²) in [6.45, 7) is 6.51. The molecule has 24 heavy (non-hydrogen) atoms. The van der Waals surface area contributed by atoms with E-state index in [0.717, 1.165) is 60.5 Å². The Morgan fingerprint density at radius 3 is 2.71 bits per heavy atom. The monoisotopic (exact) mass is 320 g/mol. The molecule has 5 nitrogen and oxygen atoms in total. The number of aryl methyl sites for hydroxylation is 2. The SMILES string of the molecule is Cc1nc(CN2CCc3nc(-c4ccccc4)ncc3C2)c(C)o1. The molecule has 0 atom stereocenters. The molecule has 0 amide bonds. The lowest BCUT2D eigenvalue weighted by atomic mass is 10.1. The van der Waals surface area contributed by atoms with Crippen molar-refractivity contribution < 1.29 is 4.42 Å². The third-order valence-electron chi connectivity index (χ3n) is 4.42. The lowest BCUT2D eigenvalue weighted by Crippen LogP contribution is -2.31. The zero-order chi connectivity index (χ0) is 16.5. The first-order valence-corrected chi connectivity index (χ1v) is 8.24. The highest BCUT2D eigenvalue weighted by Gasteiger charge is 2.20. The molecule has 0 saturated carbocycles. The first-order valence-electron chi connectivity index (χ1n) is 8.24. The average Bonchev–Trinajstić information content (AvgIpc) is 2.92. The van der Waals surface area contributed by atoms with Crippen LogP contribution in [0, 0.1) is 13.8 Å². The van der Waals surface area contributed by atoms with Gasteiger partial charge in [-0.1, -0.05) is 30.3 Å². The largest absolute Gasteiger partial charge is 0.446 e. The third kappa shape index (κ3) is 2.95. The van der Waals surface area contributed by atoms with E-state index in [1.807, 2.05) is 50.4 Å². The lowest BCUT2D eigenvalue weighted by molar-refractivity contribution is 0.239. The summed E-state index contributed by atoms with van der Waals surface area (Å²) in [6.07, 6.45) is 2.91. The fraction of sp³-hybridized carbons (Fsp3) is 0.316. The summed E-state index contributed by atoms with van der Waals surface area (Å²) in [5.41, 5.74) is 4.46. The van der Waals surface area contributed by atoms with Crippen molar-refractivity contribution in [1.82, 2.24) is 19.9 Å². The molecule has 1 aliphatic rings. The van der Waals surface area contributed by atoms with Crippen molar-refractivity contribution in [2.45, 2.75) is 33.4 Å². The second kappa shape index (κ2) is 6.17.